The Hall–Kier alpha value is -1.11. The number of morpholine rings is 1. The zero-order valence-corrected chi connectivity index (χ0v) is 16.1. The van der Waals surface area contributed by atoms with Gasteiger partial charge in [-0.2, -0.15) is 0 Å². The molecule has 0 bridgehead atoms. The van der Waals surface area contributed by atoms with Crippen LogP contribution in [0.4, 0.5) is 0 Å². The lowest BCUT2D eigenvalue weighted by Crippen LogP contribution is -2.58. The van der Waals surface area contributed by atoms with Gasteiger partial charge in [0.05, 0.1) is 25.8 Å². The largest absolute Gasteiger partial charge is 0.378 e. The maximum Gasteiger partial charge on any atom is 0.120 e. The van der Waals surface area contributed by atoms with Gasteiger partial charge in [-0.1, -0.05) is 30.3 Å². The summed E-state index contributed by atoms with van der Waals surface area (Å²) in [5, 5.41) is 0. The average molecular weight is 385 g/mol. The number of fused-ring (bicyclic) bond motifs is 1. The highest BCUT2D eigenvalue weighted by molar-refractivity contribution is 5.85. The molecule has 1 N–H and O–H groups in total. The summed E-state index contributed by atoms with van der Waals surface area (Å²) < 4.78 is 5.92. The first-order chi connectivity index (χ1) is 11.3. The smallest absolute Gasteiger partial charge is 0.120 e. The molecule has 2 saturated heterocycles. The Kier molecular flexibility index (Phi) is 7.28. The van der Waals surface area contributed by atoms with Crippen LogP contribution < -0.4 is 0 Å². The van der Waals surface area contributed by atoms with E-state index in [2.05, 4.69) is 50.1 Å². The predicted molar refractivity (Wildman–Crippen MR) is 104 cm³/mol. The monoisotopic (exact) mass is 384 g/mol. The minimum atomic E-state index is 0. The van der Waals surface area contributed by atoms with Crippen molar-refractivity contribution in [2.45, 2.75) is 25.6 Å². The van der Waals surface area contributed by atoms with E-state index in [-0.39, 0.29) is 24.8 Å². The Balaban J connectivity index is 0.00000113. The van der Waals surface area contributed by atoms with Gasteiger partial charge in [0, 0.05) is 37.6 Å². The zero-order valence-electron chi connectivity index (χ0n) is 14.4. The molecule has 3 heterocycles. The van der Waals surface area contributed by atoms with Gasteiger partial charge in [-0.3, -0.25) is 9.80 Å². The van der Waals surface area contributed by atoms with Gasteiger partial charge >= 0.3 is 0 Å². The van der Waals surface area contributed by atoms with Gasteiger partial charge in [0.15, 0.2) is 0 Å². The van der Waals surface area contributed by atoms with E-state index in [9.17, 15) is 0 Å². The predicted octanol–water partition coefficient (Wildman–Crippen LogP) is 2.82. The SMILES string of the molecule is Cc1cnc(CN2CCN3[C@@H](COC[C@@H]3c3ccccc3)C2)[nH]1.Cl.Cl. The molecule has 7 heteroatoms. The molecule has 2 aliphatic heterocycles. The number of ether oxygens (including phenoxy) is 1. The van der Waals surface area contributed by atoms with Crippen LogP contribution in [-0.2, 0) is 11.3 Å². The molecule has 4 rings (SSSR count). The summed E-state index contributed by atoms with van der Waals surface area (Å²) in [6.45, 7) is 7.80. The van der Waals surface area contributed by atoms with Crippen LogP contribution in [0.3, 0.4) is 0 Å². The van der Waals surface area contributed by atoms with Crippen LogP contribution in [0, 0.1) is 6.92 Å². The molecule has 2 atom stereocenters. The van der Waals surface area contributed by atoms with E-state index in [4.69, 9.17) is 4.74 Å². The third kappa shape index (κ3) is 4.54. The van der Waals surface area contributed by atoms with Crippen molar-refractivity contribution < 1.29 is 4.74 Å². The van der Waals surface area contributed by atoms with Crippen LogP contribution in [0.5, 0.6) is 0 Å². The molecule has 0 radical (unpaired) electrons. The lowest BCUT2D eigenvalue weighted by Gasteiger charge is -2.48. The molecule has 2 aromatic rings. The van der Waals surface area contributed by atoms with Gasteiger partial charge < -0.3 is 9.72 Å². The first-order valence-electron chi connectivity index (χ1n) is 8.41. The molecule has 0 spiro atoms. The van der Waals surface area contributed by atoms with Gasteiger partial charge in [-0.25, -0.2) is 4.98 Å². The number of aryl methyl sites for hydroxylation is 1. The molecule has 25 heavy (non-hydrogen) atoms. The van der Waals surface area contributed by atoms with E-state index in [1.165, 1.54) is 5.56 Å². The van der Waals surface area contributed by atoms with Crippen molar-refractivity contribution in [3.63, 3.8) is 0 Å². The van der Waals surface area contributed by atoms with Gasteiger partial charge in [0.2, 0.25) is 0 Å². The van der Waals surface area contributed by atoms with E-state index in [1.54, 1.807) is 0 Å². The number of hydrogen-bond acceptors (Lipinski definition) is 4. The number of rotatable bonds is 3. The average Bonchev–Trinajstić information content (AvgIpc) is 3.00. The topological polar surface area (TPSA) is 44.4 Å². The Morgan fingerprint density at radius 3 is 2.68 bits per heavy atom. The summed E-state index contributed by atoms with van der Waals surface area (Å²) in [4.78, 5) is 12.9. The van der Waals surface area contributed by atoms with E-state index in [1.807, 2.05) is 13.1 Å². The van der Waals surface area contributed by atoms with Crippen molar-refractivity contribution in [1.29, 1.82) is 0 Å². The molecule has 1 aromatic carbocycles. The number of benzene rings is 1. The highest BCUT2D eigenvalue weighted by atomic mass is 35.5. The molecule has 0 saturated carbocycles. The lowest BCUT2D eigenvalue weighted by molar-refractivity contribution is -0.0838. The molecule has 2 fully saturated rings. The molecular formula is C18H26Cl2N4O. The van der Waals surface area contributed by atoms with E-state index >= 15 is 0 Å². The number of nitrogens with one attached hydrogen (secondary N) is 1. The van der Waals surface area contributed by atoms with E-state index < -0.39 is 0 Å². The zero-order chi connectivity index (χ0) is 15.6. The van der Waals surface area contributed by atoms with Crippen molar-refractivity contribution >= 4 is 24.8 Å². The molecule has 138 valence electrons. The van der Waals surface area contributed by atoms with Gasteiger partial charge in [0.1, 0.15) is 5.82 Å². The Labute approximate surface area is 161 Å². The number of nitrogens with zero attached hydrogens (tertiary/aromatic N) is 3. The maximum atomic E-state index is 5.92. The van der Waals surface area contributed by atoms with E-state index in [0.717, 1.165) is 50.9 Å². The molecule has 0 unspecified atom stereocenters. The summed E-state index contributed by atoms with van der Waals surface area (Å²) in [7, 11) is 0. The maximum absolute atomic E-state index is 5.92. The summed E-state index contributed by atoms with van der Waals surface area (Å²) >= 11 is 0. The quantitative estimate of drug-likeness (QED) is 0.883. The van der Waals surface area contributed by atoms with Crippen LogP contribution in [0.1, 0.15) is 23.1 Å². The number of piperazine rings is 1. The molecule has 0 amide bonds. The van der Waals surface area contributed by atoms with E-state index in [0.29, 0.717) is 12.1 Å². The number of hydrogen-bond donors (Lipinski definition) is 1. The van der Waals surface area contributed by atoms with Crippen LogP contribution in [0.25, 0.3) is 0 Å². The second kappa shape index (κ2) is 9.01. The standard InChI is InChI=1S/C18H24N4O.2ClH/c1-14-9-19-18(20-14)11-21-7-8-22-16(10-21)12-23-13-17(22)15-5-3-2-4-6-15;;/h2-6,9,16-17H,7-8,10-13H2,1H3,(H,19,20);2*1H/t16-,17-;;/m1../s1. The first-order valence-corrected chi connectivity index (χ1v) is 8.41. The minimum absolute atomic E-state index is 0. The van der Waals surface area contributed by atoms with Crippen molar-refractivity contribution in [3.05, 3.63) is 53.6 Å². The van der Waals surface area contributed by atoms with Crippen molar-refractivity contribution in [3.8, 4) is 0 Å². The summed E-state index contributed by atoms with van der Waals surface area (Å²) in [5.74, 6) is 1.06. The summed E-state index contributed by atoms with van der Waals surface area (Å²) in [5.41, 5.74) is 2.50. The fourth-order valence-corrected chi connectivity index (χ4v) is 3.77. The molecular weight excluding hydrogens is 359 g/mol. The first kappa shape index (κ1) is 20.2. The molecule has 1 aromatic heterocycles. The summed E-state index contributed by atoms with van der Waals surface area (Å²) in [6, 6.07) is 11.6. The number of halogens is 2. The van der Waals surface area contributed by atoms with Crippen molar-refractivity contribution in [2.75, 3.05) is 32.8 Å². The fourth-order valence-electron chi connectivity index (χ4n) is 3.77. The van der Waals surface area contributed by atoms with Gasteiger partial charge in [-0.05, 0) is 12.5 Å². The summed E-state index contributed by atoms with van der Waals surface area (Å²) in [6.07, 6.45) is 1.90. The van der Waals surface area contributed by atoms with Crippen molar-refractivity contribution in [2.24, 2.45) is 0 Å². The number of aromatic amines is 1. The number of imidazole rings is 1. The van der Waals surface area contributed by atoms with Crippen LogP contribution in [0.15, 0.2) is 36.5 Å². The minimum Gasteiger partial charge on any atom is -0.378 e. The van der Waals surface area contributed by atoms with Gasteiger partial charge in [0.25, 0.3) is 0 Å². The Bertz CT molecular complexity index is 652. The number of aromatic nitrogens is 2. The normalized spacial score (nSPS) is 24.0. The van der Waals surface area contributed by atoms with Gasteiger partial charge in [-0.15, -0.1) is 24.8 Å². The Morgan fingerprint density at radius 1 is 1.16 bits per heavy atom. The number of H-pyrrole nitrogens is 1. The molecule has 5 nitrogen and oxygen atoms in total. The molecule has 2 aliphatic rings. The Morgan fingerprint density at radius 2 is 1.96 bits per heavy atom. The second-order valence-electron chi connectivity index (χ2n) is 6.60. The fraction of sp³-hybridized carbons (Fsp3) is 0.500. The molecule has 0 aliphatic carbocycles. The third-order valence-corrected chi connectivity index (χ3v) is 4.91. The third-order valence-electron chi connectivity index (χ3n) is 4.91. The second-order valence-corrected chi connectivity index (χ2v) is 6.60. The van der Waals surface area contributed by atoms with Crippen molar-refractivity contribution in [1.82, 2.24) is 19.8 Å². The highest BCUT2D eigenvalue weighted by Crippen LogP contribution is 2.29. The van der Waals surface area contributed by atoms with Crippen LogP contribution in [0.2, 0.25) is 0 Å². The van der Waals surface area contributed by atoms with Crippen LogP contribution >= 0.6 is 24.8 Å². The lowest BCUT2D eigenvalue weighted by atomic mass is 10.0. The van der Waals surface area contributed by atoms with Crippen LogP contribution in [-0.4, -0.2) is 58.7 Å². The highest BCUT2D eigenvalue weighted by Gasteiger charge is 2.36.